The number of benzene rings is 1. The van der Waals surface area contributed by atoms with Crippen LogP contribution in [0.5, 0.6) is 0 Å². The van der Waals surface area contributed by atoms with Gasteiger partial charge in [-0.05, 0) is 60.9 Å². The van der Waals surface area contributed by atoms with Crippen LogP contribution < -0.4 is 4.90 Å². The minimum atomic E-state index is -0.210. The Bertz CT molecular complexity index is 1150. The summed E-state index contributed by atoms with van der Waals surface area (Å²) in [5.41, 5.74) is 3.79. The number of aromatic nitrogens is 2. The van der Waals surface area contributed by atoms with Crippen LogP contribution >= 0.6 is 23.1 Å². The Labute approximate surface area is 214 Å². The standard InChI is InChI=1S/C26H30FN5OS2/c1-18-13-19(2)29-26(28-18)35-21-14-24(32(16-21)15-20-7-12-34-17-20)25(33)31-10-8-30(9-11-31)23-6-4-3-5-22(23)27/h3-7,12-13,17,21,24H,8-11,14-16H2,1-2H3/t21-,24+/m1/s1. The molecule has 184 valence electrons. The van der Waals surface area contributed by atoms with Gasteiger partial charge in [0.15, 0.2) is 5.16 Å². The lowest BCUT2D eigenvalue weighted by molar-refractivity contribution is -0.136. The molecule has 2 atom stereocenters. The summed E-state index contributed by atoms with van der Waals surface area (Å²) in [5.74, 6) is -0.0312. The summed E-state index contributed by atoms with van der Waals surface area (Å²) in [6.07, 6.45) is 0.775. The van der Waals surface area contributed by atoms with Gasteiger partial charge in [-0.3, -0.25) is 9.69 Å². The summed E-state index contributed by atoms with van der Waals surface area (Å²) >= 11 is 3.36. The molecule has 0 N–H and O–H groups in total. The van der Waals surface area contributed by atoms with E-state index in [-0.39, 0.29) is 23.0 Å². The molecule has 2 fully saturated rings. The number of amides is 1. The molecule has 2 aromatic heterocycles. The van der Waals surface area contributed by atoms with Gasteiger partial charge >= 0.3 is 0 Å². The van der Waals surface area contributed by atoms with Crippen molar-refractivity contribution in [1.29, 1.82) is 0 Å². The molecule has 4 heterocycles. The number of thioether (sulfide) groups is 1. The van der Waals surface area contributed by atoms with Gasteiger partial charge in [0, 0.05) is 55.9 Å². The third-order valence-electron chi connectivity index (χ3n) is 6.63. The number of halogens is 1. The number of nitrogens with zero attached hydrogens (tertiary/aromatic N) is 5. The van der Waals surface area contributed by atoms with Gasteiger partial charge in [-0.2, -0.15) is 11.3 Å². The molecule has 6 nitrogen and oxygen atoms in total. The number of thiophene rings is 1. The van der Waals surface area contributed by atoms with E-state index in [0.717, 1.165) is 36.1 Å². The molecule has 0 aliphatic carbocycles. The maximum atomic E-state index is 14.2. The van der Waals surface area contributed by atoms with Gasteiger partial charge in [0.05, 0.1) is 11.7 Å². The largest absolute Gasteiger partial charge is 0.366 e. The highest BCUT2D eigenvalue weighted by atomic mass is 32.2. The molecule has 9 heteroatoms. The molecule has 5 rings (SSSR count). The average Bonchev–Trinajstić information content (AvgIpc) is 3.49. The van der Waals surface area contributed by atoms with Crippen molar-refractivity contribution in [3.8, 4) is 0 Å². The van der Waals surface area contributed by atoms with Crippen molar-refractivity contribution < 1.29 is 9.18 Å². The molecule has 3 aromatic rings. The van der Waals surface area contributed by atoms with Crippen LogP contribution in [0.2, 0.25) is 0 Å². The van der Waals surface area contributed by atoms with Gasteiger partial charge in [0.1, 0.15) is 5.82 Å². The number of likely N-dealkylation sites (tertiary alicyclic amines) is 1. The summed E-state index contributed by atoms with van der Waals surface area (Å²) in [6, 6.07) is 10.8. The molecule has 2 aliphatic heterocycles. The molecular weight excluding hydrogens is 481 g/mol. The zero-order valence-electron chi connectivity index (χ0n) is 20.1. The zero-order chi connectivity index (χ0) is 24.4. The topological polar surface area (TPSA) is 52.6 Å². The summed E-state index contributed by atoms with van der Waals surface area (Å²) in [7, 11) is 0. The minimum Gasteiger partial charge on any atom is -0.366 e. The minimum absolute atomic E-state index is 0.168. The highest BCUT2D eigenvalue weighted by Crippen LogP contribution is 2.34. The summed E-state index contributed by atoms with van der Waals surface area (Å²) in [4.78, 5) is 29.2. The zero-order valence-corrected chi connectivity index (χ0v) is 21.7. The lowest BCUT2D eigenvalue weighted by atomic mass is 10.1. The first-order chi connectivity index (χ1) is 17.0. The van der Waals surface area contributed by atoms with Crippen LogP contribution in [0.1, 0.15) is 23.4 Å². The first-order valence-electron chi connectivity index (χ1n) is 12.0. The Hall–Kier alpha value is -2.49. The Balaban J connectivity index is 1.27. The highest BCUT2D eigenvalue weighted by Gasteiger charge is 2.40. The molecule has 0 spiro atoms. The van der Waals surface area contributed by atoms with Crippen LogP contribution in [0.15, 0.2) is 52.3 Å². The van der Waals surface area contributed by atoms with Crippen molar-refractivity contribution in [2.45, 2.75) is 43.3 Å². The number of carbonyl (C=O) groups is 1. The number of rotatable bonds is 6. The molecule has 0 saturated carbocycles. The Morgan fingerprint density at radius 3 is 2.54 bits per heavy atom. The number of carbonyl (C=O) groups excluding carboxylic acids is 1. The molecule has 0 radical (unpaired) electrons. The third-order valence-corrected chi connectivity index (χ3v) is 8.43. The lowest BCUT2D eigenvalue weighted by Gasteiger charge is -2.38. The predicted molar refractivity (Wildman–Crippen MR) is 139 cm³/mol. The van der Waals surface area contributed by atoms with Crippen molar-refractivity contribution in [3.05, 3.63) is 69.9 Å². The van der Waals surface area contributed by atoms with Crippen LogP contribution in [0.4, 0.5) is 10.1 Å². The Morgan fingerprint density at radius 1 is 1.11 bits per heavy atom. The second-order valence-corrected chi connectivity index (χ2v) is 11.3. The third kappa shape index (κ3) is 5.68. The Kier molecular flexibility index (Phi) is 7.36. The van der Waals surface area contributed by atoms with Crippen molar-refractivity contribution in [2.75, 3.05) is 37.6 Å². The van der Waals surface area contributed by atoms with Gasteiger partial charge in [0.2, 0.25) is 5.91 Å². The molecule has 0 bridgehead atoms. The van der Waals surface area contributed by atoms with Crippen molar-refractivity contribution in [2.24, 2.45) is 0 Å². The number of anilines is 1. The maximum Gasteiger partial charge on any atom is 0.240 e. The molecule has 0 unspecified atom stereocenters. The number of hydrogen-bond acceptors (Lipinski definition) is 7. The van der Waals surface area contributed by atoms with Crippen molar-refractivity contribution >= 4 is 34.7 Å². The summed E-state index contributed by atoms with van der Waals surface area (Å²) < 4.78 is 14.2. The highest BCUT2D eigenvalue weighted by molar-refractivity contribution is 7.99. The van der Waals surface area contributed by atoms with Crippen LogP contribution in [-0.2, 0) is 11.3 Å². The van der Waals surface area contributed by atoms with Crippen LogP contribution in [0.3, 0.4) is 0 Å². The van der Waals surface area contributed by atoms with E-state index in [1.807, 2.05) is 41.8 Å². The van der Waals surface area contributed by atoms with Gasteiger partial charge in [0.25, 0.3) is 0 Å². The fourth-order valence-corrected chi connectivity index (χ4v) is 6.87. The average molecular weight is 512 g/mol. The first kappa shape index (κ1) is 24.2. The van der Waals surface area contributed by atoms with E-state index in [0.29, 0.717) is 31.9 Å². The molecule has 1 aromatic carbocycles. The van der Waals surface area contributed by atoms with Crippen molar-refractivity contribution in [1.82, 2.24) is 19.8 Å². The molecule has 2 aliphatic rings. The smallest absolute Gasteiger partial charge is 0.240 e. The monoisotopic (exact) mass is 511 g/mol. The molecule has 35 heavy (non-hydrogen) atoms. The predicted octanol–water partition coefficient (Wildman–Crippen LogP) is 4.38. The van der Waals surface area contributed by atoms with Gasteiger partial charge < -0.3 is 9.80 Å². The SMILES string of the molecule is Cc1cc(C)nc(S[C@@H]2C[C@@H](C(=O)N3CCN(c4ccccc4F)CC3)N(Cc3ccsc3)C2)n1. The number of para-hydroxylation sites is 1. The van der Waals surface area contributed by atoms with Crippen molar-refractivity contribution in [3.63, 3.8) is 0 Å². The first-order valence-corrected chi connectivity index (χ1v) is 13.8. The Morgan fingerprint density at radius 2 is 1.86 bits per heavy atom. The second-order valence-electron chi connectivity index (χ2n) is 9.25. The van der Waals surface area contributed by atoms with E-state index in [4.69, 9.17) is 0 Å². The van der Waals surface area contributed by atoms with E-state index in [1.165, 1.54) is 11.6 Å². The van der Waals surface area contributed by atoms with E-state index in [2.05, 4.69) is 31.7 Å². The summed E-state index contributed by atoms with van der Waals surface area (Å²) in [5, 5.41) is 5.28. The van der Waals surface area contributed by atoms with E-state index < -0.39 is 0 Å². The van der Waals surface area contributed by atoms with Gasteiger partial charge in [-0.15, -0.1) is 0 Å². The number of hydrogen-bond donors (Lipinski definition) is 0. The summed E-state index contributed by atoms with van der Waals surface area (Å²) in [6.45, 7) is 8.05. The molecule has 2 saturated heterocycles. The second kappa shape index (κ2) is 10.6. The fourth-order valence-electron chi connectivity index (χ4n) is 4.98. The molecule has 1 amide bonds. The van der Waals surface area contributed by atoms with E-state index in [1.54, 1.807) is 29.2 Å². The molecular formula is C26H30FN5OS2. The normalized spacial score (nSPS) is 21.0. The lowest BCUT2D eigenvalue weighted by Crippen LogP contribution is -2.53. The van der Waals surface area contributed by atoms with Crippen LogP contribution in [-0.4, -0.2) is 69.7 Å². The maximum absolute atomic E-state index is 14.2. The number of aryl methyl sites for hydroxylation is 2. The van der Waals surface area contributed by atoms with Gasteiger partial charge in [-0.1, -0.05) is 23.9 Å². The van der Waals surface area contributed by atoms with Crippen LogP contribution in [0.25, 0.3) is 0 Å². The van der Waals surface area contributed by atoms with Crippen LogP contribution in [0, 0.1) is 19.7 Å². The fraction of sp³-hybridized carbons (Fsp3) is 0.423. The van der Waals surface area contributed by atoms with Gasteiger partial charge in [-0.25, -0.2) is 14.4 Å². The number of piperazine rings is 1. The van der Waals surface area contributed by atoms with E-state index in [9.17, 15) is 9.18 Å². The quantitative estimate of drug-likeness (QED) is 0.458. The van der Waals surface area contributed by atoms with E-state index >= 15 is 0 Å².